The molecule has 1 aromatic carbocycles. The van der Waals surface area contributed by atoms with E-state index in [4.69, 9.17) is 4.74 Å². The molecule has 6 heteroatoms. The van der Waals surface area contributed by atoms with Gasteiger partial charge in [-0.2, -0.15) is 0 Å². The molecule has 2 aliphatic heterocycles. The Labute approximate surface area is 135 Å². The molecule has 4 rings (SSSR count). The fourth-order valence-corrected chi connectivity index (χ4v) is 3.86. The molecule has 0 spiro atoms. The van der Waals surface area contributed by atoms with E-state index in [0.29, 0.717) is 18.5 Å². The normalized spacial score (nSPS) is 31.7. The summed E-state index contributed by atoms with van der Waals surface area (Å²) in [6, 6.07) is 8.27. The van der Waals surface area contributed by atoms with Crippen LogP contribution in [0, 0.1) is 5.92 Å². The maximum absolute atomic E-state index is 12.0. The number of anilines is 1. The number of hydrogen-bond donors (Lipinski definition) is 2. The van der Waals surface area contributed by atoms with E-state index in [1.807, 2.05) is 12.1 Å². The minimum absolute atomic E-state index is 0.118. The van der Waals surface area contributed by atoms with Crippen LogP contribution in [0.4, 0.5) is 10.5 Å². The molecule has 2 N–H and O–H groups in total. The number of cyclic esters (lactones) is 1. The first-order valence-corrected chi connectivity index (χ1v) is 8.12. The summed E-state index contributed by atoms with van der Waals surface area (Å²) in [5.41, 5.74) is 2.54. The molecule has 1 aliphatic carbocycles. The van der Waals surface area contributed by atoms with Crippen LogP contribution < -0.4 is 15.5 Å². The Morgan fingerprint density at radius 1 is 1.43 bits per heavy atom. The third-order valence-electron chi connectivity index (χ3n) is 5.27. The first-order chi connectivity index (χ1) is 11.1. The van der Waals surface area contributed by atoms with Crippen molar-refractivity contribution in [1.82, 2.24) is 10.6 Å². The number of nitrogens with one attached hydrogen (secondary N) is 2. The third-order valence-corrected chi connectivity index (χ3v) is 5.27. The van der Waals surface area contributed by atoms with Gasteiger partial charge >= 0.3 is 6.09 Å². The Hall–Kier alpha value is -2.08. The van der Waals surface area contributed by atoms with Crippen molar-refractivity contribution in [1.29, 1.82) is 0 Å². The first-order valence-electron chi connectivity index (χ1n) is 8.12. The lowest BCUT2D eigenvalue weighted by Crippen LogP contribution is -2.33. The number of rotatable bonds is 4. The lowest BCUT2D eigenvalue weighted by atomic mass is 9.95. The maximum Gasteiger partial charge on any atom is 0.414 e. The largest absolute Gasteiger partial charge is 0.442 e. The van der Waals surface area contributed by atoms with Gasteiger partial charge in [0.15, 0.2) is 0 Å². The second-order valence-electron chi connectivity index (χ2n) is 6.79. The number of carbonyl (C=O) groups is 2. The van der Waals surface area contributed by atoms with E-state index < -0.39 is 0 Å². The highest BCUT2D eigenvalue weighted by molar-refractivity contribution is 5.89. The number of amides is 2. The van der Waals surface area contributed by atoms with Crippen molar-refractivity contribution in [3.63, 3.8) is 0 Å². The average molecular weight is 315 g/mol. The molecule has 0 bridgehead atoms. The first kappa shape index (κ1) is 14.5. The van der Waals surface area contributed by atoms with E-state index in [1.165, 1.54) is 18.9 Å². The fraction of sp³-hybridized carbons (Fsp3) is 0.529. The molecular formula is C17H21N3O3. The van der Waals surface area contributed by atoms with Crippen molar-refractivity contribution in [2.24, 2.45) is 5.92 Å². The number of carbonyl (C=O) groups excluding carboxylic acids is 2. The van der Waals surface area contributed by atoms with Crippen LogP contribution in [0.1, 0.15) is 18.9 Å². The van der Waals surface area contributed by atoms with Gasteiger partial charge in [0.1, 0.15) is 6.10 Å². The Kier molecular flexibility index (Phi) is 3.30. The second kappa shape index (κ2) is 5.23. The quantitative estimate of drug-likeness (QED) is 0.870. The topological polar surface area (TPSA) is 70.7 Å². The summed E-state index contributed by atoms with van der Waals surface area (Å²) >= 11 is 0. The highest BCUT2D eigenvalue weighted by Crippen LogP contribution is 2.56. The molecular weight excluding hydrogens is 294 g/mol. The Morgan fingerprint density at radius 2 is 2.22 bits per heavy atom. The molecule has 3 fully saturated rings. The van der Waals surface area contributed by atoms with E-state index in [0.717, 1.165) is 24.7 Å². The minimum Gasteiger partial charge on any atom is -0.442 e. The molecule has 0 aromatic heterocycles. The van der Waals surface area contributed by atoms with Crippen molar-refractivity contribution in [3.8, 4) is 0 Å². The van der Waals surface area contributed by atoms with Crippen LogP contribution in [0.15, 0.2) is 24.3 Å². The Bertz CT molecular complexity index is 645. The number of fused-ring (bicyclic) bond motifs is 1. The third kappa shape index (κ3) is 2.47. The van der Waals surface area contributed by atoms with Gasteiger partial charge in [-0.3, -0.25) is 9.69 Å². The number of ether oxygens (including phenoxy) is 1. The van der Waals surface area contributed by atoms with Crippen molar-refractivity contribution in [2.45, 2.75) is 24.9 Å². The van der Waals surface area contributed by atoms with Gasteiger partial charge in [0.2, 0.25) is 5.91 Å². The summed E-state index contributed by atoms with van der Waals surface area (Å²) in [5.74, 6) is 0.652. The van der Waals surface area contributed by atoms with E-state index >= 15 is 0 Å². The second-order valence-corrected chi connectivity index (χ2v) is 6.79. The lowest BCUT2D eigenvalue weighted by Gasteiger charge is -2.16. The van der Waals surface area contributed by atoms with Gasteiger partial charge in [0.25, 0.3) is 0 Å². The summed E-state index contributed by atoms with van der Waals surface area (Å²) in [7, 11) is 0. The highest BCUT2D eigenvalue weighted by atomic mass is 16.6. The number of piperidine rings is 1. The number of hydrogen-bond acceptors (Lipinski definition) is 4. The molecule has 122 valence electrons. The Balaban J connectivity index is 1.44. The van der Waals surface area contributed by atoms with Crippen molar-refractivity contribution >= 4 is 17.7 Å². The molecule has 3 aliphatic rings. The van der Waals surface area contributed by atoms with Crippen molar-refractivity contribution < 1.29 is 14.3 Å². The summed E-state index contributed by atoms with van der Waals surface area (Å²) in [4.78, 5) is 24.6. The van der Waals surface area contributed by atoms with Crippen LogP contribution in [-0.2, 0) is 14.9 Å². The SMILES string of the molecule is CC(=O)NC[C@H]1CN(c2ccc([C@@]34CNC[C@H]3C4)cc2)C(=O)O1. The molecule has 23 heavy (non-hydrogen) atoms. The molecule has 3 atom stereocenters. The Morgan fingerprint density at radius 3 is 2.83 bits per heavy atom. The monoisotopic (exact) mass is 315 g/mol. The average Bonchev–Trinajstić information content (AvgIpc) is 2.90. The predicted molar refractivity (Wildman–Crippen MR) is 85.4 cm³/mol. The van der Waals surface area contributed by atoms with Gasteiger partial charge in [-0.1, -0.05) is 12.1 Å². The summed E-state index contributed by atoms with van der Waals surface area (Å²) in [6.45, 7) is 4.45. The smallest absolute Gasteiger partial charge is 0.414 e. The maximum atomic E-state index is 12.0. The van der Waals surface area contributed by atoms with E-state index in [9.17, 15) is 9.59 Å². The van der Waals surface area contributed by atoms with Crippen LogP contribution in [0.25, 0.3) is 0 Å². The zero-order valence-corrected chi connectivity index (χ0v) is 13.2. The van der Waals surface area contributed by atoms with Crippen LogP contribution in [0.3, 0.4) is 0 Å². The van der Waals surface area contributed by atoms with Crippen molar-refractivity contribution in [3.05, 3.63) is 29.8 Å². The minimum atomic E-state index is -0.349. The number of benzene rings is 1. The van der Waals surface area contributed by atoms with Gasteiger partial charge in [-0.05, 0) is 36.6 Å². The van der Waals surface area contributed by atoms with Crippen molar-refractivity contribution in [2.75, 3.05) is 31.1 Å². The van der Waals surface area contributed by atoms with E-state index in [1.54, 1.807) is 4.90 Å². The molecule has 6 nitrogen and oxygen atoms in total. The van der Waals surface area contributed by atoms with Crippen LogP contribution in [0.2, 0.25) is 0 Å². The van der Waals surface area contributed by atoms with E-state index in [2.05, 4.69) is 22.8 Å². The van der Waals surface area contributed by atoms with Crippen LogP contribution in [-0.4, -0.2) is 44.3 Å². The molecule has 1 saturated carbocycles. The zero-order valence-electron chi connectivity index (χ0n) is 13.2. The van der Waals surface area contributed by atoms with Gasteiger partial charge in [0, 0.05) is 24.6 Å². The predicted octanol–water partition coefficient (Wildman–Crippen LogP) is 1.01. The lowest BCUT2D eigenvalue weighted by molar-refractivity contribution is -0.119. The molecule has 2 saturated heterocycles. The molecule has 1 aromatic rings. The molecule has 0 unspecified atom stereocenters. The van der Waals surface area contributed by atoms with Crippen LogP contribution in [0.5, 0.6) is 0 Å². The standard InChI is InChI=1S/C17H21N3O3/c1-11(21)19-8-15-9-20(16(22)23-15)14-4-2-12(3-5-14)17-6-13(17)7-18-10-17/h2-5,13,15,18H,6-10H2,1H3,(H,19,21)/t13-,15+,17-/m1/s1. The van der Waals surface area contributed by atoms with Gasteiger partial charge in [0.05, 0.1) is 13.1 Å². The van der Waals surface area contributed by atoms with Gasteiger partial charge in [-0.25, -0.2) is 4.79 Å². The highest BCUT2D eigenvalue weighted by Gasteiger charge is 2.57. The van der Waals surface area contributed by atoms with Gasteiger partial charge < -0.3 is 15.4 Å². The molecule has 2 amide bonds. The van der Waals surface area contributed by atoms with E-state index in [-0.39, 0.29) is 18.1 Å². The summed E-state index contributed by atoms with van der Waals surface area (Å²) < 4.78 is 5.30. The molecule has 2 heterocycles. The summed E-state index contributed by atoms with van der Waals surface area (Å²) in [5, 5.41) is 6.13. The van der Waals surface area contributed by atoms with Crippen LogP contribution >= 0.6 is 0 Å². The molecule has 0 radical (unpaired) electrons. The summed E-state index contributed by atoms with van der Waals surface area (Å²) in [6.07, 6.45) is 0.624. The number of nitrogens with zero attached hydrogens (tertiary/aromatic N) is 1. The zero-order chi connectivity index (χ0) is 16.0. The van der Waals surface area contributed by atoms with Gasteiger partial charge in [-0.15, -0.1) is 0 Å². The fourth-order valence-electron chi connectivity index (χ4n) is 3.86.